The Labute approximate surface area is 156 Å². The first kappa shape index (κ1) is 20.1. The van der Waals surface area contributed by atoms with Crippen LogP contribution in [0.5, 0.6) is 0 Å². The molecule has 1 aliphatic carbocycles. The van der Waals surface area contributed by atoms with Crippen LogP contribution in [0.4, 0.5) is 0 Å². The Balaban J connectivity index is 1.77. The van der Waals surface area contributed by atoms with Crippen molar-refractivity contribution in [3.8, 4) is 0 Å². The zero-order chi connectivity index (χ0) is 18.1. The fraction of sp³-hybridized carbons (Fsp3) is 0.611. The van der Waals surface area contributed by atoms with Crippen molar-refractivity contribution >= 4 is 27.6 Å². The largest absolute Gasteiger partial charge is 0.355 e. The molecule has 0 amide bonds. The smallest absolute Gasteiger partial charge is 0.191 e. The van der Waals surface area contributed by atoms with Crippen molar-refractivity contribution in [1.82, 2.24) is 10.6 Å². The summed E-state index contributed by atoms with van der Waals surface area (Å²) in [5.41, 5.74) is 0. The van der Waals surface area contributed by atoms with Gasteiger partial charge in [-0.1, -0.05) is 31.5 Å². The number of hydrogen-bond donors (Lipinski definition) is 2. The van der Waals surface area contributed by atoms with E-state index < -0.39 is 21.6 Å². The number of benzene rings is 1. The Morgan fingerprint density at radius 3 is 2.68 bits per heavy atom. The topological polar surface area (TPSA) is 70.6 Å². The molecule has 0 saturated heterocycles. The van der Waals surface area contributed by atoms with Gasteiger partial charge in [-0.05, 0) is 31.4 Å². The van der Waals surface area contributed by atoms with Crippen molar-refractivity contribution in [3.63, 3.8) is 0 Å². The molecule has 0 aliphatic heterocycles. The summed E-state index contributed by atoms with van der Waals surface area (Å²) < 4.78 is 24.3. The summed E-state index contributed by atoms with van der Waals surface area (Å²) >= 11 is 0. The van der Waals surface area contributed by atoms with Crippen LogP contribution >= 0.6 is 0 Å². The van der Waals surface area contributed by atoms with Gasteiger partial charge >= 0.3 is 0 Å². The van der Waals surface area contributed by atoms with Crippen LogP contribution < -0.4 is 10.6 Å². The number of aliphatic imine (C=N–C) groups is 1. The molecule has 0 bridgehead atoms. The lowest BCUT2D eigenvalue weighted by Crippen LogP contribution is -2.47. The predicted molar refractivity (Wildman–Crippen MR) is 107 cm³/mol. The van der Waals surface area contributed by atoms with Crippen molar-refractivity contribution < 1.29 is 8.42 Å². The molecule has 4 atom stereocenters. The van der Waals surface area contributed by atoms with Crippen molar-refractivity contribution in [1.29, 1.82) is 0 Å². The Kier molecular flexibility index (Phi) is 8.61. The van der Waals surface area contributed by atoms with Crippen molar-refractivity contribution in [2.45, 2.75) is 48.8 Å². The molecule has 1 fully saturated rings. The monoisotopic (exact) mass is 383 g/mol. The van der Waals surface area contributed by atoms with E-state index in [2.05, 4.69) is 15.6 Å². The number of guanidine groups is 1. The quantitative estimate of drug-likeness (QED) is 0.558. The van der Waals surface area contributed by atoms with Gasteiger partial charge in [0.25, 0.3) is 0 Å². The first-order valence-corrected chi connectivity index (χ1v) is 11.6. The van der Waals surface area contributed by atoms with Crippen LogP contribution in [0.3, 0.4) is 0 Å². The molecule has 25 heavy (non-hydrogen) atoms. The van der Waals surface area contributed by atoms with Gasteiger partial charge in [0.1, 0.15) is 0 Å². The second-order valence-electron chi connectivity index (χ2n) is 6.16. The van der Waals surface area contributed by atoms with E-state index in [1.807, 2.05) is 37.3 Å². The molecule has 0 aromatic heterocycles. The summed E-state index contributed by atoms with van der Waals surface area (Å²) in [6.07, 6.45) is 4.16. The zero-order valence-electron chi connectivity index (χ0n) is 15.1. The third-order valence-electron chi connectivity index (χ3n) is 4.43. The molecule has 0 radical (unpaired) electrons. The van der Waals surface area contributed by atoms with E-state index in [1.54, 1.807) is 7.05 Å². The summed E-state index contributed by atoms with van der Waals surface area (Å²) in [4.78, 5) is 5.11. The first-order chi connectivity index (χ1) is 12.1. The SMILES string of the molecule is CCS(=O)C1CCCC(NC(=NC)NCCS(=O)c2ccccc2)C1. The minimum absolute atomic E-state index is 0.292. The summed E-state index contributed by atoms with van der Waals surface area (Å²) in [6.45, 7) is 2.58. The summed E-state index contributed by atoms with van der Waals surface area (Å²) in [7, 11) is 0.0127. The van der Waals surface area contributed by atoms with Gasteiger partial charge in [-0.3, -0.25) is 13.4 Å². The van der Waals surface area contributed by atoms with Crippen LogP contribution in [-0.2, 0) is 21.6 Å². The Hall–Kier alpha value is -1.21. The second-order valence-corrected chi connectivity index (χ2v) is 9.74. The fourth-order valence-corrected chi connectivity index (χ4v) is 5.42. The van der Waals surface area contributed by atoms with Gasteiger partial charge in [0.05, 0.1) is 10.8 Å². The molecule has 7 heteroatoms. The van der Waals surface area contributed by atoms with Crippen LogP contribution in [0.25, 0.3) is 0 Å². The van der Waals surface area contributed by atoms with E-state index in [0.717, 1.165) is 42.3 Å². The Morgan fingerprint density at radius 1 is 1.24 bits per heavy atom. The normalized spacial score (nSPS) is 23.7. The molecule has 1 aromatic carbocycles. The van der Waals surface area contributed by atoms with Gasteiger partial charge in [-0.2, -0.15) is 0 Å². The van der Waals surface area contributed by atoms with Gasteiger partial charge < -0.3 is 10.6 Å². The fourth-order valence-electron chi connectivity index (χ4n) is 3.09. The molecule has 140 valence electrons. The number of rotatable bonds is 7. The van der Waals surface area contributed by atoms with E-state index in [9.17, 15) is 8.42 Å². The molecule has 1 aliphatic rings. The molecule has 2 N–H and O–H groups in total. The minimum Gasteiger partial charge on any atom is -0.355 e. The number of nitrogens with one attached hydrogen (secondary N) is 2. The highest BCUT2D eigenvalue weighted by Gasteiger charge is 2.25. The third kappa shape index (κ3) is 6.55. The average molecular weight is 384 g/mol. The lowest BCUT2D eigenvalue weighted by Gasteiger charge is -2.30. The molecule has 4 unspecified atom stereocenters. The highest BCUT2D eigenvalue weighted by molar-refractivity contribution is 7.85. The molecule has 5 nitrogen and oxygen atoms in total. The van der Waals surface area contributed by atoms with E-state index >= 15 is 0 Å². The van der Waals surface area contributed by atoms with E-state index in [0.29, 0.717) is 23.6 Å². The average Bonchev–Trinajstić information content (AvgIpc) is 2.67. The van der Waals surface area contributed by atoms with Crippen molar-refractivity contribution in [2.24, 2.45) is 4.99 Å². The molecule has 1 saturated carbocycles. The van der Waals surface area contributed by atoms with E-state index in [4.69, 9.17) is 0 Å². The van der Waals surface area contributed by atoms with Gasteiger partial charge in [-0.25, -0.2) is 0 Å². The Bertz CT molecular complexity index is 608. The maximum atomic E-state index is 12.2. The zero-order valence-corrected chi connectivity index (χ0v) is 16.7. The van der Waals surface area contributed by atoms with Crippen molar-refractivity contribution in [2.75, 3.05) is 25.1 Å². The second kappa shape index (κ2) is 10.7. The molecule has 1 aromatic rings. The van der Waals surface area contributed by atoms with Gasteiger partial charge in [0, 0.05) is 52.1 Å². The van der Waals surface area contributed by atoms with E-state index in [-0.39, 0.29) is 0 Å². The van der Waals surface area contributed by atoms with Crippen LogP contribution in [0.2, 0.25) is 0 Å². The number of nitrogens with zero attached hydrogens (tertiary/aromatic N) is 1. The van der Waals surface area contributed by atoms with Crippen molar-refractivity contribution in [3.05, 3.63) is 30.3 Å². The molecule has 2 rings (SSSR count). The molecular weight excluding hydrogens is 354 g/mol. The van der Waals surface area contributed by atoms with Crippen LogP contribution in [0.1, 0.15) is 32.6 Å². The van der Waals surface area contributed by atoms with Gasteiger partial charge in [0.15, 0.2) is 5.96 Å². The minimum atomic E-state index is -1.01. The number of hydrogen-bond acceptors (Lipinski definition) is 3. The lowest BCUT2D eigenvalue weighted by atomic mass is 9.95. The van der Waals surface area contributed by atoms with Crippen LogP contribution in [-0.4, -0.2) is 50.8 Å². The highest BCUT2D eigenvalue weighted by atomic mass is 32.2. The lowest BCUT2D eigenvalue weighted by molar-refractivity contribution is 0.414. The predicted octanol–water partition coefficient (Wildman–Crippen LogP) is 2.04. The highest BCUT2D eigenvalue weighted by Crippen LogP contribution is 2.22. The van der Waals surface area contributed by atoms with Crippen LogP contribution in [0.15, 0.2) is 40.2 Å². The van der Waals surface area contributed by atoms with E-state index in [1.165, 1.54) is 0 Å². The molecular formula is C18H29N3O2S2. The maximum absolute atomic E-state index is 12.2. The summed E-state index contributed by atoms with van der Waals surface area (Å²) in [6, 6.07) is 9.81. The third-order valence-corrected chi connectivity index (χ3v) is 7.55. The standard InChI is InChI=1S/C18H29N3O2S2/c1-3-24(22)17-11-7-8-15(14-17)21-18(19-2)20-12-13-25(23)16-9-5-4-6-10-16/h4-6,9-10,15,17H,3,7-8,11-14H2,1-2H3,(H2,19,20,21). The van der Waals surface area contributed by atoms with Crippen LogP contribution in [0, 0.1) is 0 Å². The van der Waals surface area contributed by atoms with Gasteiger partial charge in [-0.15, -0.1) is 0 Å². The van der Waals surface area contributed by atoms with Gasteiger partial charge in [0.2, 0.25) is 0 Å². The first-order valence-electron chi connectivity index (χ1n) is 8.91. The maximum Gasteiger partial charge on any atom is 0.191 e. The summed E-state index contributed by atoms with van der Waals surface area (Å²) in [5, 5.41) is 6.97. The Morgan fingerprint density at radius 2 is 2.00 bits per heavy atom. The molecule has 0 spiro atoms. The summed E-state index contributed by atoms with van der Waals surface area (Å²) in [5.74, 6) is 2.01. The molecule has 0 heterocycles.